The number of unbranched alkanes of at least 4 members (excludes halogenated alkanes) is 4. The van der Waals surface area contributed by atoms with Crippen molar-refractivity contribution in [2.45, 2.75) is 63.8 Å². The first-order valence-electron chi connectivity index (χ1n) is 12.8. The molecule has 0 bridgehead atoms. The van der Waals surface area contributed by atoms with E-state index in [0.29, 0.717) is 12.0 Å². The molecule has 3 heterocycles. The Labute approximate surface area is 212 Å². The van der Waals surface area contributed by atoms with Crippen LogP contribution in [0.1, 0.15) is 66.6 Å². The van der Waals surface area contributed by atoms with E-state index in [-0.39, 0.29) is 5.91 Å². The monoisotopic (exact) mass is 489 g/mol. The number of nitrogens with one attached hydrogen (secondary N) is 2. The van der Waals surface area contributed by atoms with Crippen LogP contribution >= 0.6 is 0 Å². The van der Waals surface area contributed by atoms with E-state index in [0.717, 1.165) is 74.1 Å². The van der Waals surface area contributed by atoms with Gasteiger partial charge in [-0.25, -0.2) is 9.78 Å². The zero-order valence-electron chi connectivity index (χ0n) is 20.9. The quantitative estimate of drug-likeness (QED) is 0.321. The number of aliphatic carboxylic acids is 1. The predicted octanol–water partition coefficient (Wildman–Crippen LogP) is 4.61. The highest BCUT2D eigenvalue weighted by molar-refractivity contribution is 5.97. The van der Waals surface area contributed by atoms with E-state index in [1.54, 1.807) is 29.1 Å². The third-order valence-electron chi connectivity index (χ3n) is 6.64. The maximum atomic E-state index is 12.7. The fourth-order valence-electron chi connectivity index (χ4n) is 4.60. The number of amides is 1. The first kappa shape index (κ1) is 25.4. The van der Waals surface area contributed by atoms with E-state index in [4.69, 9.17) is 4.98 Å². The second-order valence-electron chi connectivity index (χ2n) is 9.49. The van der Waals surface area contributed by atoms with Crippen LogP contribution in [0.15, 0.2) is 48.8 Å². The number of hydrogen-bond donors (Lipinski definition) is 3. The average Bonchev–Trinajstić information content (AvgIpc) is 3.33. The molecule has 190 valence electrons. The molecule has 0 fully saturated rings. The Morgan fingerprint density at radius 1 is 1.11 bits per heavy atom. The van der Waals surface area contributed by atoms with Crippen LogP contribution in [0.25, 0.3) is 11.1 Å². The van der Waals surface area contributed by atoms with E-state index < -0.39 is 12.0 Å². The third-order valence-corrected chi connectivity index (χ3v) is 6.64. The molecule has 8 nitrogen and oxygen atoms in total. The summed E-state index contributed by atoms with van der Waals surface area (Å²) < 4.78 is 1.70. The van der Waals surface area contributed by atoms with E-state index in [9.17, 15) is 14.7 Å². The summed E-state index contributed by atoms with van der Waals surface area (Å²) in [6.07, 6.45) is 12.1. The Balaban J connectivity index is 1.18. The molecule has 0 spiro atoms. The molecular formula is C28H35N5O3. The fraction of sp³-hybridized carbons (Fsp3) is 0.429. The largest absolute Gasteiger partial charge is 0.480 e. The summed E-state index contributed by atoms with van der Waals surface area (Å²) in [7, 11) is 1.83. The minimum absolute atomic E-state index is 0.375. The van der Waals surface area contributed by atoms with Crippen LogP contribution in [0.5, 0.6) is 0 Å². The molecule has 8 heteroatoms. The van der Waals surface area contributed by atoms with Crippen molar-refractivity contribution in [2.75, 3.05) is 11.9 Å². The Morgan fingerprint density at radius 3 is 2.75 bits per heavy atom. The van der Waals surface area contributed by atoms with Gasteiger partial charge in [0.15, 0.2) is 0 Å². The Hall–Kier alpha value is -3.68. The number of nitrogens with zero attached hydrogens (tertiary/aromatic N) is 3. The van der Waals surface area contributed by atoms with Crippen molar-refractivity contribution in [1.82, 2.24) is 20.1 Å². The number of carbonyl (C=O) groups excluding carboxylic acids is 1. The first-order valence-corrected chi connectivity index (χ1v) is 12.8. The lowest BCUT2D eigenvalue weighted by molar-refractivity contribution is -0.139. The summed E-state index contributed by atoms with van der Waals surface area (Å²) in [4.78, 5) is 29.2. The van der Waals surface area contributed by atoms with E-state index in [2.05, 4.69) is 27.9 Å². The number of aryl methyl sites for hydroxylation is 3. The number of fused-ring (bicyclic) bond motifs is 1. The lowest BCUT2D eigenvalue weighted by Gasteiger charge is -2.17. The summed E-state index contributed by atoms with van der Waals surface area (Å²) in [6.45, 7) is 0.999. The molecule has 1 aliphatic rings. The number of carbonyl (C=O) groups is 2. The molecule has 1 atom stereocenters. The fourth-order valence-corrected chi connectivity index (χ4v) is 4.60. The lowest BCUT2D eigenvalue weighted by atomic mass is 10.0. The van der Waals surface area contributed by atoms with Gasteiger partial charge in [0.05, 0.1) is 6.20 Å². The van der Waals surface area contributed by atoms with Crippen LogP contribution in [0.4, 0.5) is 5.82 Å². The van der Waals surface area contributed by atoms with Gasteiger partial charge in [0.2, 0.25) is 0 Å². The minimum atomic E-state index is -1.00. The zero-order chi connectivity index (χ0) is 25.3. The van der Waals surface area contributed by atoms with Crippen molar-refractivity contribution in [3.8, 4) is 11.1 Å². The van der Waals surface area contributed by atoms with Crippen molar-refractivity contribution in [2.24, 2.45) is 7.05 Å². The van der Waals surface area contributed by atoms with Gasteiger partial charge in [-0.05, 0) is 61.4 Å². The standard InChI is InChI=1S/C28H35N5O3/c1-33-19-23(18-30-33)21-9-7-10-22(17-21)27(34)32-25(28(35)36)13-6-4-2-3-5-12-24-15-14-20-11-8-16-29-26(20)31-24/h7,9-10,14-15,17-19,25H,2-6,8,11-13,16H2,1H3,(H,29,31)(H,32,34)(H,35,36). The van der Waals surface area contributed by atoms with Gasteiger partial charge in [-0.15, -0.1) is 0 Å². The molecular weight excluding hydrogens is 454 g/mol. The summed E-state index contributed by atoms with van der Waals surface area (Å²) in [5.41, 5.74) is 4.65. The van der Waals surface area contributed by atoms with Gasteiger partial charge in [0.25, 0.3) is 5.91 Å². The predicted molar refractivity (Wildman–Crippen MR) is 140 cm³/mol. The molecule has 1 unspecified atom stereocenters. The molecule has 0 saturated heterocycles. The van der Waals surface area contributed by atoms with Crippen LogP contribution < -0.4 is 10.6 Å². The number of pyridine rings is 1. The smallest absolute Gasteiger partial charge is 0.326 e. The number of carboxylic acid groups (broad SMARTS) is 1. The van der Waals surface area contributed by atoms with Gasteiger partial charge in [-0.2, -0.15) is 5.10 Å². The van der Waals surface area contributed by atoms with Crippen LogP contribution in [-0.2, 0) is 24.7 Å². The van der Waals surface area contributed by atoms with Crippen molar-refractivity contribution < 1.29 is 14.7 Å². The van der Waals surface area contributed by atoms with Crippen molar-refractivity contribution in [1.29, 1.82) is 0 Å². The molecule has 1 aliphatic heterocycles. The zero-order valence-corrected chi connectivity index (χ0v) is 20.9. The van der Waals surface area contributed by atoms with Crippen LogP contribution in [-0.4, -0.2) is 44.3 Å². The third kappa shape index (κ3) is 6.93. The number of carboxylic acids is 1. The number of anilines is 1. The molecule has 1 amide bonds. The molecule has 3 N–H and O–H groups in total. The molecule has 36 heavy (non-hydrogen) atoms. The lowest BCUT2D eigenvalue weighted by Crippen LogP contribution is -2.40. The second-order valence-corrected chi connectivity index (χ2v) is 9.49. The minimum Gasteiger partial charge on any atom is -0.480 e. The molecule has 0 radical (unpaired) electrons. The van der Waals surface area contributed by atoms with Crippen molar-refractivity contribution in [3.05, 3.63) is 65.6 Å². The van der Waals surface area contributed by atoms with Gasteiger partial charge in [-0.1, -0.05) is 43.9 Å². The van der Waals surface area contributed by atoms with E-state index in [1.807, 2.05) is 19.3 Å². The summed E-state index contributed by atoms with van der Waals surface area (Å²) in [5.74, 6) is -0.330. The van der Waals surface area contributed by atoms with Gasteiger partial charge in [0.1, 0.15) is 11.9 Å². The first-order chi connectivity index (χ1) is 17.5. The second kappa shape index (κ2) is 12.3. The molecule has 3 aromatic rings. The highest BCUT2D eigenvalue weighted by Gasteiger charge is 2.20. The Bertz CT molecular complexity index is 1190. The highest BCUT2D eigenvalue weighted by Crippen LogP contribution is 2.21. The normalized spacial score (nSPS) is 13.5. The summed E-state index contributed by atoms with van der Waals surface area (Å²) >= 11 is 0. The highest BCUT2D eigenvalue weighted by atomic mass is 16.4. The number of aromatic nitrogens is 3. The maximum Gasteiger partial charge on any atom is 0.326 e. The van der Waals surface area contributed by atoms with Crippen molar-refractivity contribution in [3.63, 3.8) is 0 Å². The molecule has 1 aromatic carbocycles. The Kier molecular flexibility index (Phi) is 8.71. The molecule has 2 aromatic heterocycles. The van der Waals surface area contributed by atoms with Crippen LogP contribution in [0.3, 0.4) is 0 Å². The summed E-state index contributed by atoms with van der Waals surface area (Å²) in [5, 5.41) is 19.9. The van der Waals surface area contributed by atoms with Gasteiger partial charge < -0.3 is 15.7 Å². The van der Waals surface area contributed by atoms with Crippen molar-refractivity contribution >= 4 is 17.7 Å². The molecule has 4 rings (SSSR count). The summed E-state index contributed by atoms with van der Waals surface area (Å²) in [6, 6.07) is 10.6. The molecule has 0 saturated carbocycles. The molecule has 0 aliphatic carbocycles. The topological polar surface area (TPSA) is 109 Å². The van der Waals surface area contributed by atoms with Gasteiger partial charge in [-0.3, -0.25) is 9.48 Å². The number of rotatable bonds is 12. The van der Waals surface area contributed by atoms with Gasteiger partial charge >= 0.3 is 5.97 Å². The number of benzene rings is 1. The van der Waals surface area contributed by atoms with Crippen LogP contribution in [0, 0.1) is 0 Å². The van der Waals surface area contributed by atoms with Gasteiger partial charge in [0, 0.05) is 36.6 Å². The number of hydrogen-bond acceptors (Lipinski definition) is 5. The Morgan fingerprint density at radius 2 is 1.94 bits per heavy atom. The maximum absolute atomic E-state index is 12.7. The SMILES string of the molecule is Cn1cc(-c2cccc(C(=O)NC(CCCCCCCc3ccc4c(n3)NCCC4)C(=O)O)c2)cn1. The van der Waals surface area contributed by atoms with E-state index in [1.165, 1.54) is 12.0 Å². The van der Waals surface area contributed by atoms with E-state index >= 15 is 0 Å². The average molecular weight is 490 g/mol. The van der Waals surface area contributed by atoms with Crippen LogP contribution in [0.2, 0.25) is 0 Å².